The highest BCUT2D eigenvalue weighted by Gasteiger charge is 2.14. The van der Waals surface area contributed by atoms with Crippen LogP contribution in [0.2, 0.25) is 5.02 Å². The lowest BCUT2D eigenvalue weighted by Gasteiger charge is -2.14. The predicted molar refractivity (Wildman–Crippen MR) is 106 cm³/mol. The van der Waals surface area contributed by atoms with Gasteiger partial charge in [0.25, 0.3) is 0 Å². The number of methoxy groups -OCH3 is 1. The molecule has 2 aromatic rings. The summed E-state index contributed by atoms with van der Waals surface area (Å²) < 4.78 is 12.0. The number of carboxylic acids is 1. The Balaban J connectivity index is 2.30. The maximum Gasteiger partial charge on any atom is 0.352 e. The van der Waals surface area contributed by atoms with Crippen molar-refractivity contribution in [1.82, 2.24) is 5.32 Å². The SMILES string of the molecule is COc1cc(C=C(NC(C)=O)C(=O)O)cc(Cl)c1OCc1cccc(Br)c1. The Hall–Kier alpha value is -2.51. The number of carbonyl (C=O) groups excluding carboxylic acids is 1. The van der Waals surface area contributed by atoms with Crippen molar-refractivity contribution >= 4 is 45.5 Å². The Kier molecular flexibility index (Phi) is 7.27. The minimum absolute atomic E-state index is 0.253. The van der Waals surface area contributed by atoms with Gasteiger partial charge < -0.3 is 19.9 Å². The molecule has 1 amide bonds. The number of hydrogen-bond donors (Lipinski definition) is 2. The van der Waals surface area contributed by atoms with Gasteiger partial charge in [-0.3, -0.25) is 4.79 Å². The van der Waals surface area contributed by atoms with Gasteiger partial charge in [-0.15, -0.1) is 0 Å². The third-order valence-electron chi connectivity index (χ3n) is 3.38. The second-order valence-corrected chi connectivity index (χ2v) is 6.82. The van der Waals surface area contributed by atoms with Crippen molar-refractivity contribution in [3.63, 3.8) is 0 Å². The molecule has 6 nitrogen and oxygen atoms in total. The largest absolute Gasteiger partial charge is 0.493 e. The molecular formula is C19H17BrClNO5. The first kappa shape index (κ1) is 20.8. The predicted octanol–water partition coefficient (Wildman–Crippen LogP) is 4.25. The zero-order valence-electron chi connectivity index (χ0n) is 14.6. The molecule has 27 heavy (non-hydrogen) atoms. The average molecular weight is 455 g/mol. The van der Waals surface area contributed by atoms with E-state index in [2.05, 4.69) is 21.2 Å². The van der Waals surface area contributed by atoms with Crippen molar-refractivity contribution in [3.05, 3.63) is 62.7 Å². The highest BCUT2D eigenvalue weighted by Crippen LogP contribution is 2.37. The van der Waals surface area contributed by atoms with Crippen LogP contribution in [-0.2, 0) is 16.2 Å². The van der Waals surface area contributed by atoms with Gasteiger partial charge in [0, 0.05) is 11.4 Å². The Labute approximate surface area is 169 Å². The van der Waals surface area contributed by atoms with Gasteiger partial charge in [-0.25, -0.2) is 4.79 Å². The van der Waals surface area contributed by atoms with E-state index in [1.807, 2.05) is 24.3 Å². The molecule has 0 saturated heterocycles. The molecule has 0 heterocycles. The van der Waals surface area contributed by atoms with Crippen molar-refractivity contribution in [2.45, 2.75) is 13.5 Å². The van der Waals surface area contributed by atoms with Crippen LogP contribution in [0, 0.1) is 0 Å². The summed E-state index contributed by atoms with van der Waals surface area (Å²) >= 11 is 9.70. The highest BCUT2D eigenvalue weighted by atomic mass is 79.9. The van der Waals surface area contributed by atoms with E-state index in [-0.39, 0.29) is 17.3 Å². The molecule has 0 fully saturated rings. The second kappa shape index (κ2) is 9.43. The number of carboxylic acid groups (broad SMARTS) is 1. The van der Waals surface area contributed by atoms with E-state index in [4.69, 9.17) is 21.1 Å². The maximum atomic E-state index is 11.3. The van der Waals surface area contributed by atoms with Crippen LogP contribution in [0.25, 0.3) is 6.08 Å². The number of aliphatic carboxylic acids is 1. The molecule has 0 aliphatic carbocycles. The number of rotatable bonds is 7. The zero-order chi connectivity index (χ0) is 20.0. The van der Waals surface area contributed by atoms with Crippen LogP contribution in [0.3, 0.4) is 0 Å². The van der Waals surface area contributed by atoms with E-state index in [1.165, 1.54) is 26.2 Å². The minimum atomic E-state index is -1.27. The first-order valence-corrected chi connectivity index (χ1v) is 8.94. The van der Waals surface area contributed by atoms with E-state index in [1.54, 1.807) is 6.07 Å². The van der Waals surface area contributed by atoms with Crippen molar-refractivity contribution in [1.29, 1.82) is 0 Å². The summed E-state index contributed by atoms with van der Waals surface area (Å²) in [5, 5.41) is 11.7. The molecule has 0 bridgehead atoms. The molecule has 142 valence electrons. The van der Waals surface area contributed by atoms with E-state index in [0.717, 1.165) is 10.0 Å². The lowest BCUT2D eigenvalue weighted by atomic mass is 10.1. The minimum Gasteiger partial charge on any atom is -0.493 e. The van der Waals surface area contributed by atoms with Crippen LogP contribution in [-0.4, -0.2) is 24.1 Å². The second-order valence-electron chi connectivity index (χ2n) is 5.50. The third kappa shape index (κ3) is 6.01. The zero-order valence-corrected chi connectivity index (χ0v) is 16.9. The van der Waals surface area contributed by atoms with Crippen molar-refractivity contribution in [3.8, 4) is 11.5 Å². The van der Waals surface area contributed by atoms with Crippen LogP contribution in [0.5, 0.6) is 11.5 Å². The Bertz CT molecular complexity index is 898. The average Bonchev–Trinajstić information content (AvgIpc) is 2.59. The van der Waals surface area contributed by atoms with E-state index in [9.17, 15) is 14.7 Å². The molecule has 0 unspecified atom stereocenters. The number of halogens is 2. The van der Waals surface area contributed by atoms with E-state index in [0.29, 0.717) is 17.1 Å². The van der Waals surface area contributed by atoms with Crippen LogP contribution in [0.4, 0.5) is 0 Å². The van der Waals surface area contributed by atoms with Gasteiger partial charge in [-0.05, 0) is 41.5 Å². The first-order chi connectivity index (χ1) is 12.8. The van der Waals surface area contributed by atoms with Crippen molar-refractivity contribution in [2.75, 3.05) is 7.11 Å². The normalized spacial score (nSPS) is 11.0. The number of carbonyl (C=O) groups is 2. The molecule has 2 aromatic carbocycles. The molecule has 0 aliphatic heterocycles. The van der Waals surface area contributed by atoms with Gasteiger partial charge in [-0.2, -0.15) is 0 Å². The number of hydrogen-bond acceptors (Lipinski definition) is 4. The molecule has 2 N–H and O–H groups in total. The molecule has 0 aliphatic rings. The van der Waals surface area contributed by atoms with Gasteiger partial charge in [0.2, 0.25) is 5.91 Å². The van der Waals surface area contributed by atoms with Gasteiger partial charge >= 0.3 is 5.97 Å². The van der Waals surface area contributed by atoms with Crippen LogP contribution < -0.4 is 14.8 Å². The maximum absolute atomic E-state index is 11.3. The van der Waals surface area contributed by atoms with E-state index < -0.39 is 11.9 Å². The molecule has 0 atom stereocenters. The van der Waals surface area contributed by atoms with Crippen molar-refractivity contribution in [2.24, 2.45) is 0 Å². The summed E-state index contributed by atoms with van der Waals surface area (Å²) in [5.41, 5.74) is 1.10. The molecule has 0 spiro atoms. The number of amides is 1. The third-order valence-corrected chi connectivity index (χ3v) is 4.15. The van der Waals surface area contributed by atoms with Gasteiger partial charge in [0.15, 0.2) is 11.5 Å². The molecule has 2 rings (SSSR count). The fraction of sp³-hybridized carbons (Fsp3) is 0.158. The lowest BCUT2D eigenvalue weighted by Crippen LogP contribution is -2.24. The molecule has 0 saturated carbocycles. The molecule has 8 heteroatoms. The smallest absolute Gasteiger partial charge is 0.352 e. The molecule has 0 aromatic heterocycles. The standard InChI is InChI=1S/C19H17BrClNO5/c1-11(23)22-16(19(24)25)8-13-7-15(21)18(17(9-13)26-2)27-10-12-4-3-5-14(20)6-12/h3-9H,10H2,1-2H3,(H,22,23)(H,24,25). The van der Waals surface area contributed by atoms with Crippen LogP contribution in [0.1, 0.15) is 18.1 Å². The summed E-state index contributed by atoms with van der Waals surface area (Å²) in [4.78, 5) is 22.4. The molecular weight excluding hydrogens is 438 g/mol. The molecule has 0 radical (unpaired) electrons. The van der Waals surface area contributed by atoms with Gasteiger partial charge in [0.1, 0.15) is 12.3 Å². The summed E-state index contributed by atoms with van der Waals surface area (Å²) in [6.45, 7) is 1.50. The van der Waals surface area contributed by atoms with Gasteiger partial charge in [0.05, 0.1) is 12.1 Å². The monoisotopic (exact) mass is 453 g/mol. The summed E-state index contributed by atoms with van der Waals surface area (Å²) in [6, 6.07) is 10.7. The Morgan fingerprint density at radius 1 is 1.30 bits per heavy atom. The highest BCUT2D eigenvalue weighted by molar-refractivity contribution is 9.10. The van der Waals surface area contributed by atoms with Crippen LogP contribution >= 0.6 is 27.5 Å². The summed E-state index contributed by atoms with van der Waals surface area (Å²) in [6.07, 6.45) is 1.29. The van der Waals surface area contributed by atoms with Gasteiger partial charge in [-0.1, -0.05) is 39.7 Å². The topological polar surface area (TPSA) is 84.9 Å². The lowest BCUT2D eigenvalue weighted by molar-refractivity contribution is -0.134. The fourth-order valence-electron chi connectivity index (χ4n) is 2.25. The van der Waals surface area contributed by atoms with Crippen molar-refractivity contribution < 1.29 is 24.2 Å². The fourth-order valence-corrected chi connectivity index (χ4v) is 2.97. The number of benzene rings is 2. The Morgan fingerprint density at radius 3 is 2.63 bits per heavy atom. The van der Waals surface area contributed by atoms with E-state index >= 15 is 0 Å². The summed E-state index contributed by atoms with van der Waals surface area (Å²) in [5.74, 6) is -1.07. The summed E-state index contributed by atoms with van der Waals surface area (Å²) in [7, 11) is 1.46. The number of ether oxygens (including phenoxy) is 2. The first-order valence-electron chi connectivity index (χ1n) is 7.77. The Morgan fingerprint density at radius 2 is 2.04 bits per heavy atom. The quantitative estimate of drug-likeness (QED) is 0.611. The number of nitrogens with one attached hydrogen (secondary N) is 1. The van der Waals surface area contributed by atoms with Crippen LogP contribution in [0.15, 0.2) is 46.6 Å².